The minimum absolute atomic E-state index is 0.0348. The molecule has 0 fully saturated rings. The minimum Gasteiger partial charge on any atom is -0.497 e. The topological polar surface area (TPSA) is 95.2 Å². The summed E-state index contributed by atoms with van der Waals surface area (Å²) in [6.07, 6.45) is 0. The van der Waals surface area contributed by atoms with Gasteiger partial charge in [-0.15, -0.1) is 0 Å². The monoisotopic (exact) mass is 418 g/mol. The molecule has 1 aromatic heterocycles. The van der Waals surface area contributed by atoms with Gasteiger partial charge in [-0.25, -0.2) is 4.79 Å². The fourth-order valence-corrected chi connectivity index (χ4v) is 4.07. The van der Waals surface area contributed by atoms with Crippen LogP contribution < -0.4 is 16.0 Å². The fourth-order valence-electron chi connectivity index (χ4n) is 3.11. The number of hydrogen-bond acceptors (Lipinski definition) is 5. The highest BCUT2D eigenvalue weighted by molar-refractivity contribution is 7.99. The summed E-state index contributed by atoms with van der Waals surface area (Å²) in [6, 6.07) is 23.1. The maximum Gasteiger partial charge on any atom is 0.328 e. The van der Waals surface area contributed by atoms with Gasteiger partial charge in [-0.1, -0.05) is 54.2 Å². The summed E-state index contributed by atoms with van der Waals surface area (Å²) in [4.78, 5) is 29.8. The normalized spacial score (nSPS) is 10.7. The van der Waals surface area contributed by atoms with Crippen LogP contribution in [0.1, 0.15) is 0 Å². The number of aromatic hydroxyl groups is 1. The highest BCUT2D eigenvalue weighted by Gasteiger charge is 2.15. The second-order valence-corrected chi connectivity index (χ2v) is 7.60. The molecule has 0 bridgehead atoms. The number of hydrogen-bond donors (Lipinski definition) is 3. The zero-order valence-corrected chi connectivity index (χ0v) is 16.8. The second kappa shape index (κ2) is 8.34. The van der Waals surface area contributed by atoms with E-state index < -0.39 is 17.1 Å². The maximum atomic E-state index is 12.3. The zero-order chi connectivity index (χ0) is 21.1. The molecule has 0 saturated heterocycles. The first kappa shape index (κ1) is 19.6. The molecule has 0 saturated carbocycles. The number of aromatic nitrogens is 2. The summed E-state index contributed by atoms with van der Waals surface area (Å²) in [7, 11) is 1.64. The molecule has 7 heteroatoms. The quantitative estimate of drug-likeness (QED) is 0.450. The first-order chi connectivity index (χ1) is 14.5. The van der Waals surface area contributed by atoms with Crippen LogP contribution in [-0.2, 0) is 0 Å². The smallest absolute Gasteiger partial charge is 0.328 e. The average Bonchev–Trinajstić information content (AvgIpc) is 2.75. The van der Waals surface area contributed by atoms with Crippen molar-refractivity contribution in [2.75, 3.05) is 7.11 Å². The van der Waals surface area contributed by atoms with Crippen molar-refractivity contribution >= 4 is 11.8 Å². The summed E-state index contributed by atoms with van der Waals surface area (Å²) in [5.41, 5.74) is 1.34. The summed E-state index contributed by atoms with van der Waals surface area (Å²) in [6.45, 7) is 0. The van der Waals surface area contributed by atoms with Crippen molar-refractivity contribution in [3.05, 3.63) is 93.6 Å². The first-order valence-corrected chi connectivity index (χ1v) is 9.94. The molecule has 30 heavy (non-hydrogen) atoms. The lowest BCUT2D eigenvalue weighted by Gasteiger charge is -2.10. The predicted octanol–water partition coefficient (Wildman–Crippen LogP) is 4.26. The van der Waals surface area contributed by atoms with Gasteiger partial charge in [0.25, 0.3) is 5.56 Å². The van der Waals surface area contributed by atoms with E-state index in [2.05, 4.69) is 9.97 Å². The number of aromatic amines is 2. The molecule has 0 amide bonds. The summed E-state index contributed by atoms with van der Waals surface area (Å²) in [5.74, 6) is 0.356. The van der Waals surface area contributed by atoms with Crippen LogP contribution in [0.25, 0.3) is 22.3 Å². The lowest BCUT2D eigenvalue weighted by Crippen LogP contribution is -2.23. The van der Waals surface area contributed by atoms with E-state index in [0.29, 0.717) is 5.56 Å². The molecule has 1 heterocycles. The van der Waals surface area contributed by atoms with Crippen LogP contribution >= 0.6 is 11.8 Å². The highest BCUT2D eigenvalue weighted by atomic mass is 32.2. The molecule has 0 radical (unpaired) electrons. The van der Waals surface area contributed by atoms with E-state index in [-0.39, 0.29) is 5.56 Å². The van der Waals surface area contributed by atoms with Crippen LogP contribution in [0, 0.1) is 0 Å². The summed E-state index contributed by atoms with van der Waals surface area (Å²) >= 11 is 1.46. The molecule has 6 nitrogen and oxygen atoms in total. The van der Waals surface area contributed by atoms with Crippen molar-refractivity contribution in [1.82, 2.24) is 9.97 Å². The SMILES string of the molecule is COc1ccc(-c2ccc(Sc3ccccc3-c3c(O)[nH]c(=O)[nH]c3=O)cc2)cc1. The Labute approximate surface area is 176 Å². The van der Waals surface area contributed by atoms with Gasteiger partial charge in [-0.05, 0) is 41.5 Å². The molecule has 4 rings (SSSR count). The number of H-pyrrole nitrogens is 2. The van der Waals surface area contributed by atoms with Crippen LogP contribution in [0.5, 0.6) is 11.6 Å². The van der Waals surface area contributed by atoms with Gasteiger partial charge in [0.2, 0.25) is 5.88 Å². The van der Waals surface area contributed by atoms with Gasteiger partial charge >= 0.3 is 5.69 Å². The number of nitrogens with one attached hydrogen (secondary N) is 2. The van der Waals surface area contributed by atoms with Gasteiger partial charge in [0, 0.05) is 15.4 Å². The van der Waals surface area contributed by atoms with E-state index in [1.807, 2.05) is 60.7 Å². The minimum atomic E-state index is -0.750. The van der Waals surface area contributed by atoms with Gasteiger partial charge in [0.05, 0.1) is 7.11 Å². The third-order valence-corrected chi connectivity index (χ3v) is 5.67. The Hall–Kier alpha value is -3.71. The number of benzene rings is 3. The van der Waals surface area contributed by atoms with Crippen molar-refractivity contribution in [2.24, 2.45) is 0 Å². The molecule has 4 aromatic rings. The zero-order valence-electron chi connectivity index (χ0n) is 16.0. The van der Waals surface area contributed by atoms with Crippen molar-refractivity contribution in [2.45, 2.75) is 9.79 Å². The first-order valence-electron chi connectivity index (χ1n) is 9.12. The van der Waals surface area contributed by atoms with Gasteiger partial charge in [-0.2, -0.15) is 0 Å². The third-order valence-electron chi connectivity index (χ3n) is 4.58. The van der Waals surface area contributed by atoms with E-state index >= 15 is 0 Å². The molecule has 0 atom stereocenters. The molecule has 0 aliphatic rings. The number of methoxy groups -OCH3 is 1. The second-order valence-electron chi connectivity index (χ2n) is 6.48. The predicted molar refractivity (Wildman–Crippen MR) is 117 cm³/mol. The standard InChI is InChI=1S/C23H18N2O4S/c1-29-16-10-6-14(7-11-16)15-8-12-17(13-9-15)30-19-5-3-2-4-18(19)20-21(26)24-23(28)25-22(20)27/h2-13H,1H3,(H3,24,25,26,27,28). The molecular formula is C23H18N2O4S. The Bertz CT molecular complexity index is 1290. The van der Waals surface area contributed by atoms with Gasteiger partial charge in [0.1, 0.15) is 11.3 Å². The van der Waals surface area contributed by atoms with E-state index in [0.717, 1.165) is 26.7 Å². The molecule has 150 valence electrons. The van der Waals surface area contributed by atoms with Gasteiger partial charge < -0.3 is 9.84 Å². The van der Waals surface area contributed by atoms with Crippen molar-refractivity contribution in [1.29, 1.82) is 0 Å². The molecular weight excluding hydrogens is 400 g/mol. The summed E-state index contributed by atoms with van der Waals surface area (Å²) < 4.78 is 5.20. The van der Waals surface area contributed by atoms with Gasteiger partial charge in [0.15, 0.2) is 0 Å². The van der Waals surface area contributed by atoms with E-state index in [1.54, 1.807) is 19.2 Å². The summed E-state index contributed by atoms with van der Waals surface area (Å²) in [5, 5.41) is 10.1. The number of ether oxygens (including phenoxy) is 1. The number of rotatable bonds is 5. The molecule has 0 aliphatic heterocycles. The molecule has 3 N–H and O–H groups in total. The van der Waals surface area contributed by atoms with E-state index in [1.165, 1.54) is 11.8 Å². The Kier molecular flexibility index (Phi) is 5.45. The highest BCUT2D eigenvalue weighted by Crippen LogP contribution is 2.37. The molecule has 0 spiro atoms. The lowest BCUT2D eigenvalue weighted by molar-refractivity contribution is 0.415. The largest absolute Gasteiger partial charge is 0.497 e. The maximum absolute atomic E-state index is 12.3. The Balaban J connectivity index is 1.64. The van der Waals surface area contributed by atoms with Gasteiger partial charge in [-0.3, -0.25) is 14.8 Å². The van der Waals surface area contributed by atoms with Crippen LogP contribution in [0.4, 0.5) is 0 Å². The van der Waals surface area contributed by atoms with Crippen LogP contribution in [0.3, 0.4) is 0 Å². The molecule has 0 unspecified atom stereocenters. The van der Waals surface area contributed by atoms with Crippen molar-refractivity contribution < 1.29 is 9.84 Å². The van der Waals surface area contributed by atoms with Crippen LogP contribution in [-0.4, -0.2) is 22.2 Å². The van der Waals surface area contributed by atoms with E-state index in [4.69, 9.17) is 4.74 Å². The van der Waals surface area contributed by atoms with Crippen molar-refractivity contribution in [3.8, 4) is 33.9 Å². The molecule has 0 aliphatic carbocycles. The molecule has 3 aromatic carbocycles. The lowest BCUT2D eigenvalue weighted by atomic mass is 10.1. The van der Waals surface area contributed by atoms with Crippen molar-refractivity contribution in [3.63, 3.8) is 0 Å². The van der Waals surface area contributed by atoms with Crippen LogP contribution in [0.2, 0.25) is 0 Å². The fraction of sp³-hybridized carbons (Fsp3) is 0.0435. The Morgan fingerprint density at radius 3 is 2.10 bits per heavy atom. The average molecular weight is 418 g/mol. The van der Waals surface area contributed by atoms with Crippen LogP contribution in [0.15, 0.2) is 92.2 Å². The Morgan fingerprint density at radius 1 is 0.833 bits per heavy atom. The Morgan fingerprint density at radius 2 is 1.47 bits per heavy atom. The van der Waals surface area contributed by atoms with E-state index in [9.17, 15) is 14.7 Å². The third kappa shape index (κ3) is 4.01.